The van der Waals surface area contributed by atoms with E-state index < -0.39 is 5.97 Å². The second kappa shape index (κ2) is 5.92. The zero-order valence-electron chi connectivity index (χ0n) is 12.4. The molecular formula is C14H17N3O3S2. The highest BCUT2D eigenvalue weighted by Gasteiger charge is 2.30. The summed E-state index contributed by atoms with van der Waals surface area (Å²) >= 11 is 3.13. The summed E-state index contributed by atoms with van der Waals surface area (Å²) in [5.74, 6) is 0.616. The van der Waals surface area contributed by atoms with Gasteiger partial charge in [0.15, 0.2) is 0 Å². The molecule has 118 valence electrons. The molecule has 1 aliphatic rings. The molecule has 3 heterocycles. The van der Waals surface area contributed by atoms with Crippen LogP contribution in [0.5, 0.6) is 0 Å². The average Bonchev–Trinajstić information content (AvgIpc) is 3.01. The van der Waals surface area contributed by atoms with Crippen molar-refractivity contribution >= 4 is 45.2 Å². The zero-order chi connectivity index (χ0) is 15.9. The highest BCUT2D eigenvalue weighted by molar-refractivity contribution is 7.99. The molecule has 0 aliphatic carbocycles. The minimum atomic E-state index is -0.860. The van der Waals surface area contributed by atoms with E-state index >= 15 is 0 Å². The molecule has 1 amide bonds. The molecule has 1 atom stereocenters. The zero-order valence-corrected chi connectivity index (χ0v) is 14.0. The van der Waals surface area contributed by atoms with Crippen molar-refractivity contribution in [3.8, 4) is 0 Å². The number of hydrogen-bond donors (Lipinski definition) is 1. The first-order valence-corrected chi connectivity index (χ1v) is 8.98. The number of nitrogens with zero attached hydrogens (tertiary/aromatic N) is 3. The predicted molar refractivity (Wildman–Crippen MR) is 87.7 cm³/mol. The number of aromatic nitrogens is 2. The lowest BCUT2D eigenvalue weighted by Crippen LogP contribution is -2.46. The van der Waals surface area contributed by atoms with Crippen molar-refractivity contribution in [1.29, 1.82) is 0 Å². The van der Waals surface area contributed by atoms with Gasteiger partial charge in [-0.15, -0.1) is 11.3 Å². The van der Waals surface area contributed by atoms with Crippen LogP contribution in [0.1, 0.15) is 21.8 Å². The molecule has 0 bridgehead atoms. The van der Waals surface area contributed by atoms with Crippen molar-refractivity contribution < 1.29 is 14.7 Å². The van der Waals surface area contributed by atoms with Crippen molar-refractivity contribution in [2.45, 2.75) is 19.4 Å². The second-order valence-electron chi connectivity index (χ2n) is 5.36. The molecule has 1 fully saturated rings. The molecule has 2 aromatic rings. The Morgan fingerprint density at radius 1 is 1.50 bits per heavy atom. The lowest BCUT2D eigenvalue weighted by Gasteiger charge is -2.34. The number of thiophene rings is 1. The van der Waals surface area contributed by atoms with E-state index in [1.807, 2.05) is 20.0 Å². The van der Waals surface area contributed by atoms with Gasteiger partial charge >= 0.3 is 5.97 Å². The minimum absolute atomic E-state index is 0.00418. The molecule has 1 N–H and O–H groups in total. The Morgan fingerprint density at radius 3 is 2.95 bits per heavy atom. The lowest BCUT2D eigenvalue weighted by atomic mass is 10.2. The van der Waals surface area contributed by atoms with Gasteiger partial charge in [-0.05, 0) is 13.0 Å². The molecule has 6 nitrogen and oxygen atoms in total. The SMILES string of the molecule is Cc1nn(C)c2sc(C(=O)N3CCSCC3CC(=O)O)cc12. The van der Waals surface area contributed by atoms with Gasteiger partial charge in [-0.25, -0.2) is 0 Å². The second-order valence-corrected chi connectivity index (χ2v) is 7.54. The molecule has 0 spiro atoms. The normalized spacial score (nSPS) is 18.8. The van der Waals surface area contributed by atoms with Crippen molar-refractivity contribution in [3.63, 3.8) is 0 Å². The van der Waals surface area contributed by atoms with Gasteiger partial charge in [-0.1, -0.05) is 0 Å². The van der Waals surface area contributed by atoms with Crippen LogP contribution in [-0.2, 0) is 11.8 Å². The van der Waals surface area contributed by atoms with Gasteiger partial charge in [0.1, 0.15) is 4.83 Å². The highest BCUT2D eigenvalue weighted by Crippen LogP contribution is 2.30. The summed E-state index contributed by atoms with van der Waals surface area (Å²) in [6.07, 6.45) is 0.00418. The molecule has 3 rings (SSSR count). The summed E-state index contributed by atoms with van der Waals surface area (Å²) < 4.78 is 1.78. The summed E-state index contributed by atoms with van der Waals surface area (Å²) in [5, 5.41) is 14.4. The van der Waals surface area contributed by atoms with Gasteiger partial charge in [0.25, 0.3) is 5.91 Å². The number of carboxylic acids is 1. The first-order chi connectivity index (χ1) is 10.5. The quantitative estimate of drug-likeness (QED) is 0.925. The number of carbonyl (C=O) groups excluding carboxylic acids is 1. The molecule has 1 aliphatic heterocycles. The van der Waals surface area contributed by atoms with E-state index in [1.165, 1.54) is 11.3 Å². The first-order valence-electron chi connectivity index (χ1n) is 7.01. The minimum Gasteiger partial charge on any atom is -0.481 e. The van der Waals surface area contributed by atoms with Crippen LogP contribution >= 0.6 is 23.1 Å². The maximum absolute atomic E-state index is 12.8. The van der Waals surface area contributed by atoms with Crippen molar-refractivity contribution in [1.82, 2.24) is 14.7 Å². The van der Waals surface area contributed by atoms with Gasteiger partial charge in [-0.2, -0.15) is 16.9 Å². The largest absolute Gasteiger partial charge is 0.481 e. The number of aliphatic carboxylic acids is 1. The predicted octanol–water partition coefficient (Wildman–Crippen LogP) is 1.98. The smallest absolute Gasteiger partial charge is 0.305 e. The van der Waals surface area contributed by atoms with Gasteiger partial charge in [0.05, 0.1) is 23.0 Å². The molecule has 1 saturated heterocycles. The highest BCUT2D eigenvalue weighted by atomic mass is 32.2. The maximum atomic E-state index is 12.8. The van der Waals surface area contributed by atoms with Gasteiger partial charge in [-0.3, -0.25) is 14.3 Å². The maximum Gasteiger partial charge on any atom is 0.305 e. The van der Waals surface area contributed by atoms with Crippen LogP contribution < -0.4 is 0 Å². The number of amides is 1. The van der Waals surface area contributed by atoms with Crippen LogP contribution in [-0.4, -0.2) is 55.8 Å². The topological polar surface area (TPSA) is 75.4 Å². The van der Waals surface area contributed by atoms with E-state index in [9.17, 15) is 9.59 Å². The molecular weight excluding hydrogens is 322 g/mol. The van der Waals surface area contributed by atoms with E-state index in [-0.39, 0.29) is 18.4 Å². The summed E-state index contributed by atoms with van der Waals surface area (Å²) in [5.41, 5.74) is 0.907. The van der Waals surface area contributed by atoms with E-state index in [0.29, 0.717) is 17.2 Å². The third-order valence-corrected chi connectivity index (χ3v) is 6.09. The number of thioether (sulfide) groups is 1. The molecule has 8 heteroatoms. The van der Waals surface area contributed by atoms with Crippen molar-refractivity contribution in [2.75, 3.05) is 18.1 Å². The molecule has 0 saturated carbocycles. The summed E-state index contributed by atoms with van der Waals surface area (Å²) in [4.78, 5) is 27.1. The molecule has 1 unspecified atom stereocenters. The van der Waals surface area contributed by atoms with E-state index in [4.69, 9.17) is 5.11 Å². The fraction of sp³-hybridized carbons (Fsp3) is 0.500. The molecule has 0 aromatic carbocycles. The lowest BCUT2D eigenvalue weighted by molar-refractivity contribution is -0.138. The fourth-order valence-corrected chi connectivity index (χ4v) is 4.89. The molecule has 22 heavy (non-hydrogen) atoms. The number of fused-ring (bicyclic) bond motifs is 1. The Kier molecular flexibility index (Phi) is 4.14. The summed E-state index contributed by atoms with van der Waals surface area (Å²) in [6.45, 7) is 2.53. The van der Waals surface area contributed by atoms with Gasteiger partial charge < -0.3 is 10.0 Å². The Morgan fingerprint density at radius 2 is 2.27 bits per heavy atom. The van der Waals surface area contributed by atoms with Crippen LogP contribution in [0.4, 0.5) is 0 Å². The monoisotopic (exact) mass is 339 g/mol. The summed E-state index contributed by atoms with van der Waals surface area (Å²) in [6, 6.07) is 1.65. The number of hydrogen-bond acceptors (Lipinski definition) is 5. The van der Waals surface area contributed by atoms with E-state index in [2.05, 4.69) is 5.10 Å². The van der Waals surface area contributed by atoms with Crippen molar-refractivity contribution in [2.24, 2.45) is 7.05 Å². The third-order valence-electron chi connectivity index (χ3n) is 3.81. The Balaban J connectivity index is 1.89. The number of rotatable bonds is 3. The summed E-state index contributed by atoms with van der Waals surface area (Å²) in [7, 11) is 1.87. The number of aryl methyl sites for hydroxylation is 2. The average molecular weight is 339 g/mol. The van der Waals surface area contributed by atoms with E-state index in [0.717, 1.165) is 21.7 Å². The first kappa shape index (κ1) is 15.4. The number of carboxylic acid groups (broad SMARTS) is 1. The molecule has 2 aromatic heterocycles. The van der Waals surface area contributed by atoms with E-state index in [1.54, 1.807) is 21.3 Å². The van der Waals surface area contributed by atoms with Crippen LogP contribution in [0.2, 0.25) is 0 Å². The third kappa shape index (κ3) is 2.72. The van der Waals surface area contributed by atoms with Crippen molar-refractivity contribution in [3.05, 3.63) is 16.6 Å². The van der Waals surface area contributed by atoms with Crippen LogP contribution in [0.15, 0.2) is 6.07 Å². The fourth-order valence-electron chi connectivity index (χ4n) is 2.75. The standard InChI is InChI=1S/C14H17N3O3S2/c1-8-10-6-11(22-14(10)16(2)15-8)13(20)17-3-4-21-7-9(17)5-12(18)19/h6,9H,3-5,7H2,1-2H3,(H,18,19). The van der Waals surface area contributed by atoms with Crippen LogP contribution in [0.25, 0.3) is 10.2 Å². The van der Waals surface area contributed by atoms with Gasteiger partial charge in [0, 0.05) is 30.5 Å². The number of carbonyl (C=O) groups is 2. The van der Waals surface area contributed by atoms with Crippen LogP contribution in [0.3, 0.4) is 0 Å². The van der Waals surface area contributed by atoms with Crippen LogP contribution in [0, 0.1) is 6.92 Å². The molecule has 0 radical (unpaired) electrons. The Bertz CT molecular complexity index is 703. The Labute approximate surface area is 136 Å². The Hall–Kier alpha value is -1.54. The van der Waals surface area contributed by atoms with Gasteiger partial charge in [0.2, 0.25) is 0 Å².